The van der Waals surface area contributed by atoms with Crippen molar-refractivity contribution in [1.29, 1.82) is 0 Å². The highest BCUT2D eigenvalue weighted by atomic mass is 16.1. The van der Waals surface area contributed by atoms with E-state index < -0.39 is 0 Å². The van der Waals surface area contributed by atoms with Gasteiger partial charge in [0, 0.05) is 16.7 Å². The summed E-state index contributed by atoms with van der Waals surface area (Å²) in [5.74, 6) is -0.0220. The van der Waals surface area contributed by atoms with E-state index in [-0.39, 0.29) is 11.9 Å². The fraction of sp³-hybridized carbons (Fsp3) is 0.0667. The third-order valence-electron chi connectivity index (χ3n) is 3.49. The van der Waals surface area contributed by atoms with Crippen molar-refractivity contribution in [3.8, 4) is 0 Å². The van der Waals surface area contributed by atoms with Gasteiger partial charge in [-0.3, -0.25) is 4.79 Å². The van der Waals surface area contributed by atoms with Crippen LogP contribution < -0.4 is 5.32 Å². The van der Waals surface area contributed by atoms with Crippen LogP contribution in [0.1, 0.15) is 27.5 Å². The number of fused-ring (bicyclic) bond motifs is 5. The number of benzene rings is 2. The number of rotatable bonds is 0. The second-order valence-corrected chi connectivity index (χ2v) is 4.51. The van der Waals surface area contributed by atoms with Crippen LogP contribution in [0, 0.1) is 0 Å². The predicted molar refractivity (Wildman–Crippen MR) is 69.3 cm³/mol. The van der Waals surface area contributed by atoms with Crippen molar-refractivity contribution in [3.63, 3.8) is 0 Å². The van der Waals surface area contributed by atoms with Gasteiger partial charge in [-0.25, -0.2) is 4.99 Å². The molecular weight excluding hydrogens is 224 g/mol. The molecule has 0 bridgehead atoms. The quantitative estimate of drug-likeness (QED) is 0.748. The number of hydrogen-bond acceptors (Lipinski definition) is 2. The van der Waals surface area contributed by atoms with Crippen LogP contribution in [0.4, 0.5) is 5.69 Å². The Morgan fingerprint density at radius 2 is 1.67 bits per heavy atom. The SMILES string of the molecule is O=C1NC2C(=Nc3ccccc32)c2ccccc21. The number of carbonyl (C=O) groups excluding carboxylic acids is 1. The fourth-order valence-electron chi connectivity index (χ4n) is 2.65. The summed E-state index contributed by atoms with van der Waals surface area (Å²) in [6.45, 7) is 0. The van der Waals surface area contributed by atoms with Gasteiger partial charge in [-0.2, -0.15) is 0 Å². The van der Waals surface area contributed by atoms with Crippen molar-refractivity contribution in [2.24, 2.45) is 4.99 Å². The first-order chi connectivity index (χ1) is 8.84. The van der Waals surface area contributed by atoms with Gasteiger partial charge in [0.25, 0.3) is 5.91 Å². The highest BCUT2D eigenvalue weighted by Gasteiger charge is 2.35. The lowest BCUT2D eigenvalue weighted by Crippen LogP contribution is -2.38. The maximum absolute atomic E-state index is 12.1. The third kappa shape index (κ3) is 1.13. The zero-order valence-corrected chi connectivity index (χ0v) is 9.55. The minimum absolute atomic E-state index is 0.0220. The number of nitrogens with zero attached hydrogens (tertiary/aromatic N) is 1. The molecule has 0 aromatic heterocycles. The molecule has 3 heteroatoms. The number of nitrogens with one attached hydrogen (secondary N) is 1. The first kappa shape index (κ1) is 9.59. The standard InChI is InChI=1S/C15H10N2O/c18-15-10-6-2-1-5-9(10)13-14(17-15)11-7-3-4-8-12(11)16-13/h1-8,14H,(H,17,18). The summed E-state index contributed by atoms with van der Waals surface area (Å²) in [5.41, 5.74) is 4.64. The van der Waals surface area contributed by atoms with E-state index >= 15 is 0 Å². The van der Waals surface area contributed by atoms with E-state index in [1.807, 2.05) is 48.5 Å². The summed E-state index contributed by atoms with van der Waals surface area (Å²) in [6, 6.07) is 15.5. The zero-order valence-electron chi connectivity index (χ0n) is 9.55. The van der Waals surface area contributed by atoms with Crippen LogP contribution in [-0.2, 0) is 0 Å². The summed E-state index contributed by atoms with van der Waals surface area (Å²) >= 11 is 0. The molecular formula is C15H10N2O. The molecule has 1 unspecified atom stereocenters. The summed E-state index contributed by atoms with van der Waals surface area (Å²) in [5, 5.41) is 3.02. The Labute approximate surface area is 104 Å². The molecule has 2 aliphatic rings. The molecule has 2 aromatic rings. The third-order valence-corrected chi connectivity index (χ3v) is 3.49. The highest BCUT2D eigenvalue weighted by Crippen LogP contribution is 2.38. The molecule has 3 nitrogen and oxygen atoms in total. The molecule has 1 atom stereocenters. The number of para-hydroxylation sites is 1. The van der Waals surface area contributed by atoms with E-state index in [0.29, 0.717) is 5.56 Å². The number of carbonyl (C=O) groups is 1. The first-order valence-electron chi connectivity index (χ1n) is 5.92. The Balaban J connectivity index is 1.98. The summed E-state index contributed by atoms with van der Waals surface area (Å²) in [6.07, 6.45) is 0. The van der Waals surface area contributed by atoms with Gasteiger partial charge < -0.3 is 5.32 Å². The van der Waals surface area contributed by atoms with E-state index in [1.165, 1.54) is 0 Å². The monoisotopic (exact) mass is 234 g/mol. The average Bonchev–Trinajstić information content (AvgIpc) is 2.78. The number of hydrogen-bond donors (Lipinski definition) is 1. The minimum Gasteiger partial charge on any atom is -0.339 e. The maximum atomic E-state index is 12.1. The molecule has 2 heterocycles. The van der Waals surface area contributed by atoms with Gasteiger partial charge in [-0.1, -0.05) is 36.4 Å². The number of aliphatic imine (C=N–C) groups is 1. The van der Waals surface area contributed by atoms with Gasteiger partial charge in [0.15, 0.2) is 0 Å². The van der Waals surface area contributed by atoms with Gasteiger partial charge in [0.1, 0.15) is 0 Å². The Morgan fingerprint density at radius 3 is 2.56 bits per heavy atom. The topological polar surface area (TPSA) is 41.5 Å². The molecule has 4 rings (SSSR count). The lowest BCUT2D eigenvalue weighted by atomic mass is 9.91. The largest absolute Gasteiger partial charge is 0.339 e. The molecule has 1 N–H and O–H groups in total. The predicted octanol–water partition coefficient (Wildman–Crippen LogP) is 2.61. The van der Waals surface area contributed by atoms with Crippen LogP contribution in [0.2, 0.25) is 0 Å². The molecule has 0 spiro atoms. The molecule has 0 aliphatic carbocycles. The van der Waals surface area contributed by atoms with Crippen LogP contribution in [0.5, 0.6) is 0 Å². The molecule has 0 saturated heterocycles. The minimum atomic E-state index is -0.0939. The van der Waals surface area contributed by atoms with Crippen LogP contribution >= 0.6 is 0 Å². The van der Waals surface area contributed by atoms with Crippen molar-refractivity contribution in [1.82, 2.24) is 5.32 Å². The summed E-state index contributed by atoms with van der Waals surface area (Å²) < 4.78 is 0. The molecule has 0 radical (unpaired) electrons. The van der Waals surface area contributed by atoms with Gasteiger partial charge in [-0.05, 0) is 12.1 Å². The Hall–Kier alpha value is -2.42. The molecule has 1 amide bonds. The maximum Gasteiger partial charge on any atom is 0.252 e. The van der Waals surface area contributed by atoms with Crippen molar-refractivity contribution >= 4 is 17.3 Å². The zero-order chi connectivity index (χ0) is 12.1. The van der Waals surface area contributed by atoms with Gasteiger partial charge in [-0.15, -0.1) is 0 Å². The molecule has 2 aromatic carbocycles. The highest BCUT2D eigenvalue weighted by molar-refractivity contribution is 6.20. The lowest BCUT2D eigenvalue weighted by molar-refractivity contribution is 0.0943. The normalized spacial score (nSPS) is 19.4. The molecule has 2 aliphatic heterocycles. The summed E-state index contributed by atoms with van der Waals surface area (Å²) in [4.78, 5) is 16.7. The summed E-state index contributed by atoms with van der Waals surface area (Å²) in [7, 11) is 0. The molecule has 0 fully saturated rings. The molecule has 86 valence electrons. The van der Waals surface area contributed by atoms with Crippen LogP contribution in [0.15, 0.2) is 53.5 Å². The molecule has 18 heavy (non-hydrogen) atoms. The lowest BCUT2D eigenvalue weighted by Gasteiger charge is -2.24. The van der Waals surface area contributed by atoms with E-state index in [0.717, 1.165) is 22.5 Å². The van der Waals surface area contributed by atoms with Crippen molar-refractivity contribution in [3.05, 3.63) is 65.2 Å². The first-order valence-corrected chi connectivity index (χ1v) is 5.92. The van der Waals surface area contributed by atoms with Crippen LogP contribution in [0.3, 0.4) is 0 Å². The van der Waals surface area contributed by atoms with E-state index in [4.69, 9.17) is 0 Å². The van der Waals surface area contributed by atoms with Crippen molar-refractivity contribution < 1.29 is 4.79 Å². The second-order valence-electron chi connectivity index (χ2n) is 4.51. The average molecular weight is 234 g/mol. The Morgan fingerprint density at radius 1 is 0.944 bits per heavy atom. The Kier molecular flexibility index (Phi) is 1.75. The smallest absolute Gasteiger partial charge is 0.252 e. The van der Waals surface area contributed by atoms with Gasteiger partial charge in [0.05, 0.1) is 17.4 Å². The Bertz CT molecular complexity index is 703. The van der Waals surface area contributed by atoms with Crippen molar-refractivity contribution in [2.75, 3.05) is 0 Å². The van der Waals surface area contributed by atoms with Crippen molar-refractivity contribution in [2.45, 2.75) is 6.04 Å². The number of amides is 1. The fourth-order valence-corrected chi connectivity index (χ4v) is 2.65. The van der Waals surface area contributed by atoms with Gasteiger partial charge >= 0.3 is 0 Å². The molecule has 0 saturated carbocycles. The van der Waals surface area contributed by atoms with Crippen LogP contribution in [-0.4, -0.2) is 11.6 Å². The second kappa shape index (κ2) is 3.29. The van der Waals surface area contributed by atoms with Crippen LogP contribution in [0.25, 0.3) is 0 Å². The van der Waals surface area contributed by atoms with E-state index in [9.17, 15) is 4.79 Å². The van der Waals surface area contributed by atoms with E-state index in [2.05, 4.69) is 10.3 Å². The van der Waals surface area contributed by atoms with Gasteiger partial charge in [0.2, 0.25) is 0 Å². The van der Waals surface area contributed by atoms with E-state index in [1.54, 1.807) is 0 Å².